The number of nitrogens with one attached hydrogen (secondary N) is 1. The summed E-state index contributed by atoms with van der Waals surface area (Å²) in [5, 5.41) is 7.18. The third kappa shape index (κ3) is 4.51. The fraction of sp³-hybridized carbons (Fsp3) is 0.368. The summed E-state index contributed by atoms with van der Waals surface area (Å²) >= 11 is 0. The minimum atomic E-state index is -4.53. The van der Waals surface area contributed by atoms with Gasteiger partial charge in [-0.2, -0.15) is 18.3 Å². The van der Waals surface area contributed by atoms with Gasteiger partial charge in [0, 0.05) is 34.8 Å². The van der Waals surface area contributed by atoms with Crippen molar-refractivity contribution in [2.75, 3.05) is 31.6 Å². The third-order valence-corrected chi connectivity index (χ3v) is 4.40. The Balaban J connectivity index is 1.71. The summed E-state index contributed by atoms with van der Waals surface area (Å²) in [6.07, 6.45) is -3.48. The van der Waals surface area contributed by atoms with Gasteiger partial charge in [-0.1, -0.05) is 6.07 Å². The van der Waals surface area contributed by atoms with E-state index in [0.717, 1.165) is 4.68 Å². The lowest BCUT2D eigenvalue weighted by atomic mass is 10.2. The Morgan fingerprint density at radius 2 is 2.13 bits per heavy atom. The molecule has 3 aromatic heterocycles. The third-order valence-electron chi connectivity index (χ3n) is 4.40. The second-order valence-electron chi connectivity index (χ2n) is 6.58. The monoisotopic (exact) mass is 422 g/mol. The van der Waals surface area contributed by atoms with Gasteiger partial charge in [0.1, 0.15) is 18.1 Å². The number of ether oxygens (including phenoxy) is 1. The standard InChI is InChI=1S/C19H19F3N6O2/c20-19(21,22)12-28-15-10-14(18(29)27-6-3-8-30-9-7-27)24-11-13(15)17(26-28)25-16-4-1-2-5-23-16/h1-2,4-5,10-11H,3,6-9,12H2,(H,23,25,26)/i3D2. The minimum absolute atomic E-state index is 0.0631. The highest BCUT2D eigenvalue weighted by atomic mass is 19.4. The number of aromatic nitrogens is 4. The van der Waals surface area contributed by atoms with E-state index in [2.05, 4.69) is 20.4 Å². The maximum Gasteiger partial charge on any atom is 0.408 e. The average Bonchev–Trinajstić information content (AvgIpc) is 2.92. The highest BCUT2D eigenvalue weighted by molar-refractivity contribution is 5.98. The topological polar surface area (TPSA) is 85.2 Å². The van der Waals surface area contributed by atoms with E-state index in [0.29, 0.717) is 5.82 Å². The van der Waals surface area contributed by atoms with Crippen LogP contribution in [0.15, 0.2) is 36.7 Å². The lowest BCUT2D eigenvalue weighted by Crippen LogP contribution is -2.33. The number of nitrogens with zero attached hydrogens (tertiary/aromatic N) is 5. The summed E-state index contributed by atoms with van der Waals surface area (Å²) in [5.74, 6) is -0.0905. The van der Waals surface area contributed by atoms with E-state index in [4.69, 9.17) is 7.48 Å². The van der Waals surface area contributed by atoms with E-state index in [1.807, 2.05) is 0 Å². The van der Waals surface area contributed by atoms with Crippen molar-refractivity contribution in [2.24, 2.45) is 0 Å². The Hall–Kier alpha value is -3.21. The molecule has 1 fully saturated rings. The maximum atomic E-state index is 13.1. The van der Waals surface area contributed by atoms with E-state index in [1.165, 1.54) is 23.4 Å². The van der Waals surface area contributed by atoms with Crippen LogP contribution in [0.1, 0.15) is 19.6 Å². The van der Waals surface area contributed by atoms with E-state index in [9.17, 15) is 18.0 Å². The summed E-state index contributed by atoms with van der Waals surface area (Å²) in [5.41, 5.74) is -0.0453. The molecule has 1 N–H and O–H groups in total. The van der Waals surface area contributed by atoms with E-state index in [-0.39, 0.29) is 48.7 Å². The molecule has 11 heteroatoms. The van der Waals surface area contributed by atoms with Crippen molar-refractivity contribution in [3.05, 3.63) is 42.4 Å². The van der Waals surface area contributed by atoms with Crippen molar-refractivity contribution in [1.82, 2.24) is 24.6 Å². The predicted octanol–water partition coefficient (Wildman–Crippen LogP) is 2.99. The number of alkyl halides is 3. The Labute approximate surface area is 172 Å². The molecule has 0 unspecified atom stereocenters. The molecule has 158 valence electrons. The Morgan fingerprint density at radius 3 is 2.90 bits per heavy atom. The lowest BCUT2D eigenvalue weighted by Gasteiger charge is -2.19. The Morgan fingerprint density at radius 1 is 1.27 bits per heavy atom. The highest BCUT2D eigenvalue weighted by Crippen LogP contribution is 2.28. The van der Waals surface area contributed by atoms with Crippen LogP contribution in [-0.4, -0.2) is 63.0 Å². The smallest absolute Gasteiger partial charge is 0.380 e. The predicted molar refractivity (Wildman–Crippen MR) is 102 cm³/mol. The zero-order chi connectivity index (χ0) is 22.9. The number of pyridine rings is 2. The first kappa shape index (κ1) is 17.6. The van der Waals surface area contributed by atoms with Gasteiger partial charge >= 0.3 is 6.18 Å². The molecule has 3 aromatic rings. The number of halogens is 3. The van der Waals surface area contributed by atoms with Crippen LogP contribution >= 0.6 is 0 Å². The molecule has 0 spiro atoms. The summed E-state index contributed by atoms with van der Waals surface area (Å²) in [4.78, 5) is 22.4. The molecule has 4 rings (SSSR count). The fourth-order valence-corrected chi connectivity index (χ4v) is 3.04. The molecule has 0 bridgehead atoms. The largest absolute Gasteiger partial charge is 0.408 e. The first-order valence-corrected chi connectivity index (χ1v) is 9.10. The van der Waals surface area contributed by atoms with Crippen LogP contribution in [0.5, 0.6) is 0 Å². The van der Waals surface area contributed by atoms with E-state index in [1.54, 1.807) is 18.2 Å². The molecule has 1 aliphatic rings. The first-order chi connectivity index (χ1) is 15.1. The number of carbonyl (C=O) groups is 1. The molecule has 1 saturated heterocycles. The number of hydrogen-bond acceptors (Lipinski definition) is 6. The molecule has 0 aliphatic carbocycles. The van der Waals surface area contributed by atoms with Gasteiger partial charge in [-0.3, -0.25) is 14.5 Å². The molecular formula is C19H19F3N6O2. The van der Waals surface area contributed by atoms with Crippen LogP contribution in [-0.2, 0) is 11.3 Å². The zero-order valence-electron chi connectivity index (χ0n) is 17.7. The Kier molecular flexibility index (Phi) is 4.86. The van der Waals surface area contributed by atoms with Crippen LogP contribution < -0.4 is 5.32 Å². The summed E-state index contributed by atoms with van der Waals surface area (Å²) < 4.78 is 61.2. The van der Waals surface area contributed by atoms with Gasteiger partial charge in [-0.15, -0.1) is 0 Å². The van der Waals surface area contributed by atoms with Crippen LogP contribution in [0.2, 0.25) is 0 Å². The minimum Gasteiger partial charge on any atom is -0.380 e. The van der Waals surface area contributed by atoms with Gasteiger partial charge < -0.3 is 15.0 Å². The van der Waals surface area contributed by atoms with Crippen LogP contribution in [0.25, 0.3) is 10.9 Å². The van der Waals surface area contributed by atoms with Crippen molar-refractivity contribution < 1.29 is 25.4 Å². The van der Waals surface area contributed by atoms with Gasteiger partial charge in [0.15, 0.2) is 5.82 Å². The maximum absolute atomic E-state index is 13.1. The second-order valence-corrected chi connectivity index (χ2v) is 6.58. The highest BCUT2D eigenvalue weighted by Gasteiger charge is 2.30. The van der Waals surface area contributed by atoms with E-state index < -0.39 is 25.0 Å². The molecule has 4 heterocycles. The average molecular weight is 422 g/mol. The van der Waals surface area contributed by atoms with Crippen molar-refractivity contribution >= 4 is 28.4 Å². The van der Waals surface area contributed by atoms with Crippen LogP contribution in [0.3, 0.4) is 0 Å². The molecule has 1 amide bonds. The summed E-state index contributed by atoms with van der Waals surface area (Å²) in [7, 11) is 0. The number of hydrogen-bond donors (Lipinski definition) is 1. The van der Waals surface area contributed by atoms with Crippen molar-refractivity contribution in [3.8, 4) is 0 Å². The Bertz CT molecular complexity index is 1120. The SMILES string of the molecule is [2H]C1([2H])COCCN(C(=O)c2cc3c(cn2)c(Nc2ccccn2)nn3CC(F)(F)F)C1. The normalized spacial score (nSPS) is 17.9. The molecule has 0 radical (unpaired) electrons. The lowest BCUT2D eigenvalue weighted by molar-refractivity contribution is -0.141. The molecule has 1 aliphatic heterocycles. The number of amides is 1. The quantitative estimate of drug-likeness (QED) is 0.696. The number of carbonyl (C=O) groups excluding carboxylic acids is 1. The van der Waals surface area contributed by atoms with E-state index >= 15 is 0 Å². The summed E-state index contributed by atoms with van der Waals surface area (Å²) in [6, 6.07) is 6.28. The van der Waals surface area contributed by atoms with Gasteiger partial charge in [-0.25, -0.2) is 4.98 Å². The van der Waals surface area contributed by atoms with Gasteiger partial charge in [-0.05, 0) is 24.6 Å². The molecule has 30 heavy (non-hydrogen) atoms. The second kappa shape index (κ2) is 8.27. The molecule has 0 saturated carbocycles. The van der Waals surface area contributed by atoms with Crippen molar-refractivity contribution in [2.45, 2.75) is 19.1 Å². The van der Waals surface area contributed by atoms with Crippen LogP contribution in [0.4, 0.5) is 24.8 Å². The molecular weight excluding hydrogens is 401 g/mol. The van der Waals surface area contributed by atoms with Crippen molar-refractivity contribution in [1.29, 1.82) is 0 Å². The van der Waals surface area contributed by atoms with Crippen molar-refractivity contribution in [3.63, 3.8) is 0 Å². The number of rotatable bonds is 4. The van der Waals surface area contributed by atoms with Gasteiger partial charge in [0.05, 0.1) is 17.5 Å². The fourth-order valence-electron chi connectivity index (χ4n) is 3.04. The molecule has 0 atom stereocenters. The van der Waals surface area contributed by atoms with Crippen LogP contribution in [0, 0.1) is 0 Å². The first-order valence-electron chi connectivity index (χ1n) is 10.1. The van der Waals surface area contributed by atoms with Gasteiger partial charge in [0.25, 0.3) is 5.91 Å². The molecule has 8 nitrogen and oxygen atoms in total. The molecule has 0 aromatic carbocycles. The number of fused-ring (bicyclic) bond motifs is 1. The van der Waals surface area contributed by atoms with Gasteiger partial charge in [0.2, 0.25) is 0 Å². The summed E-state index contributed by atoms with van der Waals surface area (Å²) in [6.45, 7) is -1.42. The number of anilines is 2. The zero-order valence-corrected chi connectivity index (χ0v) is 15.7.